The molecule has 1 aromatic carbocycles. The highest BCUT2D eigenvalue weighted by Crippen LogP contribution is 2.23. The van der Waals surface area contributed by atoms with Gasteiger partial charge in [-0.05, 0) is 24.3 Å². The number of fused-ring (bicyclic) bond motifs is 1. The van der Waals surface area contributed by atoms with E-state index in [1.165, 1.54) is 0 Å². The second kappa shape index (κ2) is 4.06. The molecule has 0 saturated carbocycles. The van der Waals surface area contributed by atoms with Crippen LogP contribution in [0, 0.1) is 11.3 Å². The Hall–Kier alpha value is -1.30. The van der Waals surface area contributed by atoms with E-state index in [1.807, 2.05) is 12.1 Å². The van der Waals surface area contributed by atoms with Crippen LogP contribution in [0.3, 0.4) is 0 Å². The van der Waals surface area contributed by atoms with Gasteiger partial charge in [0, 0.05) is 16.0 Å². The molecule has 0 radical (unpaired) electrons. The average molecular weight is 237 g/mol. The van der Waals surface area contributed by atoms with Gasteiger partial charge >= 0.3 is 0 Å². The van der Waals surface area contributed by atoms with Crippen LogP contribution in [0.1, 0.15) is 5.56 Å². The predicted molar refractivity (Wildman–Crippen MR) is 61.1 cm³/mol. The van der Waals surface area contributed by atoms with Gasteiger partial charge in [0.05, 0.1) is 18.0 Å². The first-order valence-electron chi connectivity index (χ1n) is 4.32. The molecule has 0 aliphatic heterocycles. The summed E-state index contributed by atoms with van der Waals surface area (Å²) in [5, 5.41) is 10.5. The summed E-state index contributed by atoms with van der Waals surface area (Å²) in [6, 6.07) is 9.27. The lowest BCUT2D eigenvalue weighted by Gasteiger charge is -2.02. The van der Waals surface area contributed by atoms with E-state index >= 15 is 0 Å². The third-order valence-electron chi connectivity index (χ3n) is 2.07. The lowest BCUT2D eigenvalue weighted by Crippen LogP contribution is -1.88. The lowest BCUT2D eigenvalue weighted by molar-refractivity contribution is 1.22. The molecule has 0 fully saturated rings. The molecule has 0 unspecified atom stereocenters. The summed E-state index contributed by atoms with van der Waals surface area (Å²) in [7, 11) is 0. The van der Waals surface area contributed by atoms with Gasteiger partial charge < -0.3 is 0 Å². The molecule has 2 rings (SSSR count). The van der Waals surface area contributed by atoms with Crippen LogP contribution < -0.4 is 0 Å². The van der Waals surface area contributed by atoms with Crippen LogP contribution in [0.15, 0.2) is 24.3 Å². The normalized spacial score (nSPS) is 10.2. The van der Waals surface area contributed by atoms with Crippen molar-refractivity contribution in [2.45, 2.75) is 6.42 Å². The van der Waals surface area contributed by atoms with Gasteiger partial charge in [0.25, 0.3) is 0 Å². The number of nitrogens with zero attached hydrogens (tertiary/aromatic N) is 2. The Labute approximate surface area is 97.1 Å². The van der Waals surface area contributed by atoms with Crippen molar-refractivity contribution in [3.8, 4) is 6.07 Å². The van der Waals surface area contributed by atoms with E-state index in [1.54, 1.807) is 18.2 Å². The molecular formula is C11H6Cl2N2. The van der Waals surface area contributed by atoms with E-state index in [0.717, 1.165) is 16.5 Å². The van der Waals surface area contributed by atoms with Crippen molar-refractivity contribution in [1.29, 1.82) is 5.26 Å². The molecule has 0 bridgehead atoms. The topological polar surface area (TPSA) is 36.7 Å². The van der Waals surface area contributed by atoms with Gasteiger partial charge in [-0.15, -0.1) is 0 Å². The number of halogens is 2. The smallest absolute Gasteiger partial charge is 0.134 e. The van der Waals surface area contributed by atoms with E-state index < -0.39 is 0 Å². The maximum Gasteiger partial charge on any atom is 0.134 e. The first kappa shape index (κ1) is 10.2. The van der Waals surface area contributed by atoms with Crippen molar-refractivity contribution in [3.05, 3.63) is 40.0 Å². The maximum atomic E-state index is 8.61. The van der Waals surface area contributed by atoms with Crippen LogP contribution >= 0.6 is 23.2 Å². The Morgan fingerprint density at radius 3 is 2.80 bits per heavy atom. The van der Waals surface area contributed by atoms with Crippen molar-refractivity contribution in [1.82, 2.24) is 4.98 Å². The molecule has 1 aromatic heterocycles. The van der Waals surface area contributed by atoms with Crippen molar-refractivity contribution in [2.75, 3.05) is 0 Å². The van der Waals surface area contributed by atoms with Gasteiger partial charge in [0.15, 0.2) is 0 Å². The van der Waals surface area contributed by atoms with E-state index in [9.17, 15) is 0 Å². The highest BCUT2D eigenvalue weighted by atomic mass is 35.5. The standard InChI is InChI=1S/C11H6Cl2N2/c12-9-1-2-10-8(6-9)5-7(3-4-14)11(13)15-10/h1-2,5-6H,3H2. The number of hydrogen-bond acceptors (Lipinski definition) is 2. The number of rotatable bonds is 1. The molecule has 0 N–H and O–H groups in total. The van der Waals surface area contributed by atoms with Gasteiger partial charge in [0.2, 0.25) is 0 Å². The Kier molecular flexibility index (Phi) is 2.77. The Bertz CT molecular complexity index is 558. The molecular weight excluding hydrogens is 231 g/mol. The molecule has 0 atom stereocenters. The molecule has 0 amide bonds. The first-order valence-corrected chi connectivity index (χ1v) is 5.08. The van der Waals surface area contributed by atoms with E-state index in [0.29, 0.717) is 10.2 Å². The van der Waals surface area contributed by atoms with Gasteiger partial charge in [-0.25, -0.2) is 4.98 Å². The van der Waals surface area contributed by atoms with Crippen LogP contribution in [0.5, 0.6) is 0 Å². The van der Waals surface area contributed by atoms with Crippen LogP contribution in [-0.4, -0.2) is 4.98 Å². The molecule has 1 heterocycles. The minimum Gasteiger partial charge on any atom is -0.236 e. The van der Waals surface area contributed by atoms with E-state index in [4.69, 9.17) is 28.5 Å². The molecule has 4 heteroatoms. The first-order chi connectivity index (χ1) is 7.20. The van der Waals surface area contributed by atoms with E-state index in [2.05, 4.69) is 4.98 Å². The Morgan fingerprint density at radius 2 is 2.07 bits per heavy atom. The molecule has 2 nitrogen and oxygen atoms in total. The van der Waals surface area contributed by atoms with Crippen molar-refractivity contribution >= 4 is 34.1 Å². The fourth-order valence-corrected chi connectivity index (χ4v) is 1.77. The third kappa shape index (κ3) is 2.04. The van der Waals surface area contributed by atoms with Gasteiger partial charge in [-0.1, -0.05) is 23.2 Å². The van der Waals surface area contributed by atoms with Crippen LogP contribution in [-0.2, 0) is 6.42 Å². The molecule has 74 valence electrons. The highest BCUT2D eigenvalue weighted by molar-refractivity contribution is 6.32. The highest BCUT2D eigenvalue weighted by Gasteiger charge is 2.04. The molecule has 0 aliphatic rings. The summed E-state index contributed by atoms with van der Waals surface area (Å²) in [6.45, 7) is 0. The summed E-state index contributed by atoms with van der Waals surface area (Å²) in [5.74, 6) is 0. The molecule has 0 aliphatic carbocycles. The fraction of sp³-hybridized carbons (Fsp3) is 0.0909. The lowest BCUT2D eigenvalue weighted by atomic mass is 10.1. The zero-order valence-electron chi connectivity index (χ0n) is 7.67. The summed E-state index contributed by atoms with van der Waals surface area (Å²) >= 11 is 11.8. The maximum absolute atomic E-state index is 8.61. The zero-order valence-corrected chi connectivity index (χ0v) is 9.18. The van der Waals surface area contributed by atoms with Gasteiger partial charge in [-0.3, -0.25) is 0 Å². The largest absolute Gasteiger partial charge is 0.236 e. The molecule has 0 saturated heterocycles. The third-order valence-corrected chi connectivity index (χ3v) is 2.63. The number of hydrogen-bond donors (Lipinski definition) is 0. The monoisotopic (exact) mass is 236 g/mol. The summed E-state index contributed by atoms with van der Waals surface area (Å²) in [4.78, 5) is 4.19. The number of pyridine rings is 1. The summed E-state index contributed by atoms with van der Waals surface area (Å²) in [5.41, 5.74) is 1.51. The molecule has 15 heavy (non-hydrogen) atoms. The quantitative estimate of drug-likeness (QED) is 0.710. The summed E-state index contributed by atoms with van der Waals surface area (Å²) in [6.07, 6.45) is 0.258. The van der Waals surface area contributed by atoms with Crippen molar-refractivity contribution in [2.24, 2.45) is 0 Å². The Morgan fingerprint density at radius 1 is 1.27 bits per heavy atom. The van der Waals surface area contributed by atoms with Gasteiger partial charge in [-0.2, -0.15) is 5.26 Å². The number of nitriles is 1. The van der Waals surface area contributed by atoms with Crippen LogP contribution in [0.4, 0.5) is 0 Å². The zero-order chi connectivity index (χ0) is 10.8. The fourth-order valence-electron chi connectivity index (χ4n) is 1.38. The minimum atomic E-state index is 0.258. The minimum absolute atomic E-state index is 0.258. The second-order valence-electron chi connectivity index (χ2n) is 3.11. The second-order valence-corrected chi connectivity index (χ2v) is 3.90. The number of benzene rings is 1. The Balaban J connectivity index is 2.67. The predicted octanol–water partition coefficient (Wildman–Crippen LogP) is 3.61. The molecule has 2 aromatic rings. The van der Waals surface area contributed by atoms with Crippen molar-refractivity contribution in [3.63, 3.8) is 0 Å². The van der Waals surface area contributed by atoms with E-state index in [-0.39, 0.29) is 6.42 Å². The van der Waals surface area contributed by atoms with Gasteiger partial charge in [0.1, 0.15) is 5.15 Å². The van der Waals surface area contributed by atoms with Crippen LogP contribution in [0.2, 0.25) is 10.2 Å². The van der Waals surface area contributed by atoms with Crippen LogP contribution in [0.25, 0.3) is 10.9 Å². The average Bonchev–Trinajstić information content (AvgIpc) is 2.20. The number of aromatic nitrogens is 1. The summed E-state index contributed by atoms with van der Waals surface area (Å²) < 4.78 is 0. The molecule has 0 spiro atoms. The SMILES string of the molecule is N#CCc1cc2cc(Cl)ccc2nc1Cl. The van der Waals surface area contributed by atoms with Crippen molar-refractivity contribution < 1.29 is 0 Å².